The summed E-state index contributed by atoms with van der Waals surface area (Å²) in [5.74, 6) is 3.00. The number of rotatable bonds is 4. The molecule has 80 valence electrons. The van der Waals surface area contributed by atoms with Gasteiger partial charge in [-0.15, -0.1) is 0 Å². The summed E-state index contributed by atoms with van der Waals surface area (Å²) in [6.45, 7) is 3.97. The Morgan fingerprint density at radius 2 is 2.27 bits per heavy atom. The minimum Gasteiger partial charge on any atom is -0.361 e. The van der Waals surface area contributed by atoms with E-state index in [1.165, 1.54) is 11.1 Å². The van der Waals surface area contributed by atoms with Crippen LogP contribution in [0.15, 0.2) is 21.3 Å². The fourth-order valence-corrected chi connectivity index (χ4v) is 3.26. The van der Waals surface area contributed by atoms with E-state index in [4.69, 9.17) is 4.52 Å². The van der Waals surface area contributed by atoms with Crippen molar-refractivity contribution in [3.05, 3.63) is 39.4 Å². The standard InChI is InChI=1S/C11H13NOS2/c1-8-11(9(2)13-12-8)7-15-6-10-3-4-14-5-10/h3-5H,6-7H2,1-2H3. The number of aryl methyl sites for hydroxylation is 2. The molecule has 2 aromatic rings. The van der Waals surface area contributed by atoms with Gasteiger partial charge in [0.1, 0.15) is 5.76 Å². The predicted octanol–water partition coefficient (Wildman–Crippen LogP) is 3.79. The zero-order chi connectivity index (χ0) is 10.7. The molecule has 0 saturated carbocycles. The molecule has 0 bridgehead atoms. The second-order valence-electron chi connectivity index (χ2n) is 3.43. The third kappa shape index (κ3) is 2.63. The summed E-state index contributed by atoms with van der Waals surface area (Å²) in [4.78, 5) is 0. The summed E-state index contributed by atoms with van der Waals surface area (Å²) < 4.78 is 5.12. The lowest BCUT2D eigenvalue weighted by molar-refractivity contribution is 0.392. The van der Waals surface area contributed by atoms with Gasteiger partial charge in [0.15, 0.2) is 0 Å². The molecule has 2 aromatic heterocycles. The van der Waals surface area contributed by atoms with Crippen molar-refractivity contribution in [1.82, 2.24) is 5.16 Å². The van der Waals surface area contributed by atoms with Crippen molar-refractivity contribution in [1.29, 1.82) is 0 Å². The molecule has 2 heterocycles. The highest BCUT2D eigenvalue weighted by molar-refractivity contribution is 7.97. The van der Waals surface area contributed by atoms with E-state index in [1.807, 2.05) is 25.6 Å². The molecule has 0 amide bonds. The Kier molecular flexibility index (Phi) is 3.49. The van der Waals surface area contributed by atoms with Crippen molar-refractivity contribution in [3.8, 4) is 0 Å². The summed E-state index contributed by atoms with van der Waals surface area (Å²) in [6.07, 6.45) is 0. The van der Waals surface area contributed by atoms with Crippen LogP contribution in [0.3, 0.4) is 0 Å². The molecule has 2 nitrogen and oxygen atoms in total. The Bertz CT molecular complexity index is 400. The van der Waals surface area contributed by atoms with Gasteiger partial charge in [-0.3, -0.25) is 0 Å². The zero-order valence-electron chi connectivity index (χ0n) is 8.82. The van der Waals surface area contributed by atoms with Crippen LogP contribution in [0.1, 0.15) is 22.6 Å². The smallest absolute Gasteiger partial charge is 0.137 e. The van der Waals surface area contributed by atoms with E-state index in [1.54, 1.807) is 11.3 Å². The van der Waals surface area contributed by atoms with E-state index >= 15 is 0 Å². The Balaban J connectivity index is 1.89. The number of thioether (sulfide) groups is 1. The summed E-state index contributed by atoms with van der Waals surface area (Å²) in [5, 5.41) is 8.26. The molecule has 0 atom stereocenters. The zero-order valence-corrected chi connectivity index (χ0v) is 10.5. The molecule has 0 N–H and O–H groups in total. The van der Waals surface area contributed by atoms with E-state index in [2.05, 4.69) is 22.0 Å². The van der Waals surface area contributed by atoms with Gasteiger partial charge >= 0.3 is 0 Å². The molecule has 0 radical (unpaired) electrons. The van der Waals surface area contributed by atoms with Crippen molar-refractivity contribution >= 4 is 23.1 Å². The second-order valence-corrected chi connectivity index (χ2v) is 5.19. The van der Waals surface area contributed by atoms with Gasteiger partial charge < -0.3 is 4.52 Å². The first-order chi connectivity index (χ1) is 7.27. The molecular weight excluding hydrogens is 226 g/mol. The minimum atomic E-state index is 0.949. The van der Waals surface area contributed by atoms with Crippen LogP contribution in [0.5, 0.6) is 0 Å². The third-order valence-electron chi connectivity index (χ3n) is 2.28. The van der Waals surface area contributed by atoms with E-state index in [-0.39, 0.29) is 0 Å². The molecule has 0 saturated heterocycles. The largest absolute Gasteiger partial charge is 0.361 e. The van der Waals surface area contributed by atoms with Crippen LogP contribution < -0.4 is 0 Å². The molecule has 0 aromatic carbocycles. The average molecular weight is 239 g/mol. The van der Waals surface area contributed by atoms with Crippen LogP contribution in [0.25, 0.3) is 0 Å². The molecule has 0 spiro atoms. The van der Waals surface area contributed by atoms with Crippen molar-refractivity contribution < 1.29 is 4.52 Å². The summed E-state index contributed by atoms with van der Waals surface area (Å²) in [7, 11) is 0. The first-order valence-electron chi connectivity index (χ1n) is 4.78. The molecule has 0 aliphatic heterocycles. The molecule has 0 fully saturated rings. The van der Waals surface area contributed by atoms with Crippen molar-refractivity contribution in [2.24, 2.45) is 0 Å². The highest BCUT2D eigenvalue weighted by Gasteiger charge is 2.08. The van der Waals surface area contributed by atoms with Crippen LogP contribution in [0, 0.1) is 13.8 Å². The number of aromatic nitrogens is 1. The average Bonchev–Trinajstić information content (AvgIpc) is 2.82. The quantitative estimate of drug-likeness (QED) is 0.812. The second kappa shape index (κ2) is 4.86. The highest BCUT2D eigenvalue weighted by Crippen LogP contribution is 2.23. The van der Waals surface area contributed by atoms with Crippen molar-refractivity contribution in [3.63, 3.8) is 0 Å². The van der Waals surface area contributed by atoms with Crippen LogP contribution in [-0.2, 0) is 11.5 Å². The monoisotopic (exact) mass is 239 g/mol. The third-order valence-corrected chi connectivity index (χ3v) is 4.04. The maximum absolute atomic E-state index is 5.12. The van der Waals surface area contributed by atoms with Crippen LogP contribution in [0.4, 0.5) is 0 Å². The van der Waals surface area contributed by atoms with Gasteiger partial charge in [-0.2, -0.15) is 23.1 Å². The first-order valence-corrected chi connectivity index (χ1v) is 6.87. The van der Waals surface area contributed by atoms with Gasteiger partial charge in [-0.1, -0.05) is 5.16 Å². The fraction of sp³-hybridized carbons (Fsp3) is 0.364. The lowest BCUT2D eigenvalue weighted by Gasteiger charge is -1.99. The van der Waals surface area contributed by atoms with Gasteiger partial charge in [0.05, 0.1) is 5.69 Å². The van der Waals surface area contributed by atoms with E-state index in [0.717, 1.165) is 23.0 Å². The van der Waals surface area contributed by atoms with Gasteiger partial charge in [0.25, 0.3) is 0 Å². The maximum Gasteiger partial charge on any atom is 0.137 e. The normalized spacial score (nSPS) is 10.8. The molecular formula is C11H13NOS2. The highest BCUT2D eigenvalue weighted by atomic mass is 32.2. The SMILES string of the molecule is Cc1noc(C)c1CSCc1ccsc1. The topological polar surface area (TPSA) is 26.0 Å². The molecule has 0 aliphatic rings. The van der Waals surface area contributed by atoms with Crippen LogP contribution >= 0.6 is 23.1 Å². The number of hydrogen-bond donors (Lipinski definition) is 0. The number of thiophene rings is 1. The molecule has 4 heteroatoms. The van der Waals surface area contributed by atoms with Crippen LogP contribution in [-0.4, -0.2) is 5.16 Å². The molecule has 15 heavy (non-hydrogen) atoms. The molecule has 0 aliphatic carbocycles. The van der Waals surface area contributed by atoms with Crippen molar-refractivity contribution in [2.45, 2.75) is 25.4 Å². The predicted molar refractivity (Wildman–Crippen MR) is 65.3 cm³/mol. The molecule has 2 rings (SSSR count). The lowest BCUT2D eigenvalue weighted by Crippen LogP contribution is -1.85. The maximum atomic E-state index is 5.12. The number of nitrogens with zero attached hydrogens (tertiary/aromatic N) is 1. The van der Waals surface area contributed by atoms with Gasteiger partial charge in [-0.05, 0) is 36.2 Å². The Morgan fingerprint density at radius 3 is 2.87 bits per heavy atom. The number of hydrogen-bond acceptors (Lipinski definition) is 4. The Morgan fingerprint density at radius 1 is 1.40 bits per heavy atom. The summed E-state index contributed by atoms with van der Waals surface area (Å²) >= 11 is 3.65. The van der Waals surface area contributed by atoms with Crippen LogP contribution in [0.2, 0.25) is 0 Å². The first kappa shape index (κ1) is 10.8. The molecule has 0 unspecified atom stereocenters. The minimum absolute atomic E-state index is 0.949. The Hall–Kier alpha value is -0.740. The lowest BCUT2D eigenvalue weighted by atomic mass is 10.2. The summed E-state index contributed by atoms with van der Waals surface area (Å²) in [5.41, 5.74) is 3.66. The van der Waals surface area contributed by atoms with Gasteiger partial charge in [0.2, 0.25) is 0 Å². The fourth-order valence-electron chi connectivity index (χ4n) is 1.35. The van der Waals surface area contributed by atoms with Crippen molar-refractivity contribution in [2.75, 3.05) is 0 Å². The Labute approximate surface area is 97.7 Å². The van der Waals surface area contributed by atoms with Gasteiger partial charge in [-0.25, -0.2) is 0 Å². The van der Waals surface area contributed by atoms with Gasteiger partial charge in [0, 0.05) is 17.1 Å². The summed E-state index contributed by atoms with van der Waals surface area (Å²) in [6, 6.07) is 2.17. The van der Waals surface area contributed by atoms with E-state index in [9.17, 15) is 0 Å². The van der Waals surface area contributed by atoms with E-state index < -0.39 is 0 Å². The van der Waals surface area contributed by atoms with E-state index in [0.29, 0.717) is 0 Å².